The summed E-state index contributed by atoms with van der Waals surface area (Å²) in [7, 11) is 1.89. The van der Waals surface area contributed by atoms with E-state index in [4.69, 9.17) is 4.98 Å². The van der Waals surface area contributed by atoms with Crippen molar-refractivity contribution in [2.24, 2.45) is 7.05 Å². The van der Waals surface area contributed by atoms with E-state index in [1.165, 1.54) is 0 Å². The van der Waals surface area contributed by atoms with Gasteiger partial charge in [-0.3, -0.25) is 4.68 Å². The van der Waals surface area contributed by atoms with Crippen molar-refractivity contribution >= 4 is 27.6 Å². The fraction of sp³-hybridized carbons (Fsp3) is 0.375. The van der Waals surface area contributed by atoms with E-state index in [9.17, 15) is 5.11 Å². The van der Waals surface area contributed by atoms with Gasteiger partial charge in [-0.2, -0.15) is 5.10 Å². The summed E-state index contributed by atoms with van der Waals surface area (Å²) in [6.45, 7) is 8.66. The van der Waals surface area contributed by atoms with Crippen LogP contribution in [0.15, 0.2) is 42.6 Å². The molecule has 4 heterocycles. The normalized spacial score (nSPS) is 17.2. The molecule has 1 fully saturated rings. The highest BCUT2D eigenvalue weighted by atomic mass is 16.3. The third-order valence-corrected chi connectivity index (χ3v) is 5.78. The number of phenolic OH excluding ortho intramolecular Hbond substituents is 1. The SMILES string of the molecule is Cn1nc2cc(O)ccc2c1-c1ccc2cc(N3CCC(NC(C)(C)C)C3)cnc2n1. The maximum absolute atomic E-state index is 9.75. The van der Waals surface area contributed by atoms with Crippen molar-refractivity contribution in [1.82, 2.24) is 25.1 Å². The Morgan fingerprint density at radius 2 is 1.97 bits per heavy atom. The van der Waals surface area contributed by atoms with Crippen LogP contribution >= 0.6 is 0 Å². The van der Waals surface area contributed by atoms with Crippen LogP contribution in [0.1, 0.15) is 27.2 Å². The van der Waals surface area contributed by atoms with Gasteiger partial charge in [-0.1, -0.05) is 0 Å². The zero-order valence-electron chi connectivity index (χ0n) is 18.4. The van der Waals surface area contributed by atoms with Crippen LogP contribution in [-0.4, -0.2) is 49.5 Å². The molecule has 0 amide bonds. The lowest BCUT2D eigenvalue weighted by molar-refractivity contribution is 0.373. The molecule has 7 nitrogen and oxygen atoms in total. The van der Waals surface area contributed by atoms with Gasteiger partial charge in [-0.15, -0.1) is 0 Å². The van der Waals surface area contributed by atoms with Crippen molar-refractivity contribution < 1.29 is 5.11 Å². The highest BCUT2D eigenvalue weighted by Gasteiger charge is 2.26. The standard InChI is InChI=1S/C24H28N6O/c1-24(2,3)27-16-9-10-30(14-16)17-11-15-5-8-20(26-23(15)25-13-17)22-19-7-6-18(31)12-21(19)28-29(22)4/h5-8,11-13,16,27,31H,9-10,14H2,1-4H3. The minimum atomic E-state index is 0.122. The van der Waals surface area contributed by atoms with Gasteiger partial charge in [0, 0.05) is 48.6 Å². The van der Waals surface area contributed by atoms with Crippen LogP contribution in [0.4, 0.5) is 5.69 Å². The number of aromatic nitrogens is 4. The molecular weight excluding hydrogens is 388 g/mol. The molecule has 31 heavy (non-hydrogen) atoms. The summed E-state index contributed by atoms with van der Waals surface area (Å²) in [5.41, 5.74) is 4.46. The fourth-order valence-electron chi connectivity index (χ4n) is 4.52. The summed E-state index contributed by atoms with van der Waals surface area (Å²) in [6, 6.07) is 12.0. The number of nitrogens with zero attached hydrogens (tertiary/aromatic N) is 5. The second-order valence-electron chi connectivity index (χ2n) is 9.44. The molecule has 1 aromatic carbocycles. The third kappa shape index (κ3) is 3.81. The Bertz CT molecular complexity index is 1270. The van der Waals surface area contributed by atoms with Gasteiger partial charge in [0.15, 0.2) is 5.65 Å². The quantitative estimate of drug-likeness (QED) is 0.528. The number of hydrogen-bond acceptors (Lipinski definition) is 6. The molecule has 4 aromatic rings. The first kappa shape index (κ1) is 19.8. The zero-order chi connectivity index (χ0) is 21.8. The Kier molecular flexibility index (Phi) is 4.59. The van der Waals surface area contributed by atoms with Crippen molar-refractivity contribution in [2.45, 2.75) is 38.8 Å². The first-order valence-corrected chi connectivity index (χ1v) is 10.7. The lowest BCUT2D eigenvalue weighted by Gasteiger charge is -2.26. The molecule has 0 bridgehead atoms. The maximum Gasteiger partial charge on any atom is 0.159 e. The summed E-state index contributed by atoms with van der Waals surface area (Å²) in [6.07, 6.45) is 3.06. The molecule has 1 unspecified atom stereocenters. The summed E-state index contributed by atoms with van der Waals surface area (Å²) in [5, 5.41) is 19.9. The van der Waals surface area contributed by atoms with Crippen LogP contribution in [-0.2, 0) is 7.05 Å². The van der Waals surface area contributed by atoms with Gasteiger partial charge in [0.1, 0.15) is 5.75 Å². The molecule has 0 spiro atoms. The van der Waals surface area contributed by atoms with Gasteiger partial charge in [-0.05, 0) is 57.5 Å². The number of aryl methyl sites for hydroxylation is 1. The predicted octanol–water partition coefficient (Wildman–Crippen LogP) is 3.86. The monoisotopic (exact) mass is 416 g/mol. The second-order valence-corrected chi connectivity index (χ2v) is 9.44. The van der Waals surface area contributed by atoms with Gasteiger partial charge in [0.05, 0.1) is 28.8 Å². The molecule has 160 valence electrons. The first-order valence-electron chi connectivity index (χ1n) is 10.7. The van der Waals surface area contributed by atoms with E-state index in [0.717, 1.165) is 58.5 Å². The van der Waals surface area contributed by atoms with E-state index in [2.05, 4.69) is 53.2 Å². The van der Waals surface area contributed by atoms with Crippen molar-refractivity contribution in [2.75, 3.05) is 18.0 Å². The van der Waals surface area contributed by atoms with E-state index >= 15 is 0 Å². The minimum absolute atomic E-state index is 0.122. The molecule has 1 aliphatic heterocycles. The van der Waals surface area contributed by atoms with Gasteiger partial charge in [0.25, 0.3) is 0 Å². The number of aromatic hydroxyl groups is 1. The summed E-state index contributed by atoms with van der Waals surface area (Å²) < 4.78 is 1.80. The van der Waals surface area contributed by atoms with Crippen LogP contribution in [0.25, 0.3) is 33.3 Å². The minimum Gasteiger partial charge on any atom is -0.508 e. The number of hydrogen-bond donors (Lipinski definition) is 2. The molecule has 0 saturated carbocycles. The van der Waals surface area contributed by atoms with Gasteiger partial charge >= 0.3 is 0 Å². The van der Waals surface area contributed by atoms with Gasteiger partial charge in [0.2, 0.25) is 0 Å². The Balaban J connectivity index is 1.45. The highest BCUT2D eigenvalue weighted by molar-refractivity contribution is 5.94. The zero-order valence-corrected chi connectivity index (χ0v) is 18.4. The van der Waals surface area contributed by atoms with Crippen molar-refractivity contribution in [3.05, 3.63) is 42.6 Å². The number of fused-ring (bicyclic) bond motifs is 2. The number of nitrogens with one attached hydrogen (secondary N) is 1. The summed E-state index contributed by atoms with van der Waals surface area (Å²) >= 11 is 0. The predicted molar refractivity (Wildman–Crippen MR) is 124 cm³/mol. The van der Waals surface area contributed by atoms with Crippen LogP contribution in [0.5, 0.6) is 5.75 Å². The van der Waals surface area contributed by atoms with E-state index in [1.807, 2.05) is 25.4 Å². The molecule has 7 heteroatoms. The third-order valence-electron chi connectivity index (χ3n) is 5.78. The maximum atomic E-state index is 9.75. The molecule has 1 saturated heterocycles. The highest BCUT2D eigenvalue weighted by Crippen LogP contribution is 2.31. The number of phenols is 1. The lowest BCUT2D eigenvalue weighted by atomic mass is 10.1. The summed E-state index contributed by atoms with van der Waals surface area (Å²) in [5.74, 6) is 0.208. The molecule has 2 N–H and O–H groups in total. The molecular formula is C24H28N6O. The van der Waals surface area contributed by atoms with Gasteiger partial charge in [-0.25, -0.2) is 9.97 Å². The van der Waals surface area contributed by atoms with E-state index in [0.29, 0.717) is 6.04 Å². The number of pyridine rings is 2. The Morgan fingerprint density at radius 1 is 1.13 bits per heavy atom. The first-order chi connectivity index (χ1) is 14.8. The van der Waals surface area contributed by atoms with E-state index in [1.54, 1.807) is 16.8 Å². The van der Waals surface area contributed by atoms with Crippen molar-refractivity contribution in [3.8, 4) is 17.1 Å². The fourth-order valence-corrected chi connectivity index (χ4v) is 4.52. The number of anilines is 1. The average molecular weight is 417 g/mol. The molecule has 0 aliphatic carbocycles. The number of benzene rings is 1. The largest absolute Gasteiger partial charge is 0.508 e. The average Bonchev–Trinajstić information content (AvgIpc) is 3.29. The van der Waals surface area contributed by atoms with Gasteiger partial charge < -0.3 is 15.3 Å². The van der Waals surface area contributed by atoms with Crippen molar-refractivity contribution in [1.29, 1.82) is 0 Å². The Morgan fingerprint density at radius 3 is 2.77 bits per heavy atom. The molecule has 1 aliphatic rings. The molecule has 5 rings (SSSR count). The second kappa shape index (κ2) is 7.20. The van der Waals surface area contributed by atoms with Crippen LogP contribution in [0, 0.1) is 0 Å². The van der Waals surface area contributed by atoms with E-state index in [-0.39, 0.29) is 11.3 Å². The Labute approximate surface area is 181 Å². The van der Waals surface area contributed by atoms with Crippen LogP contribution in [0.2, 0.25) is 0 Å². The smallest absolute Gasteiger partial charge is 0.159 e. The molecule has 1 atom stereocenters. The molecule has 0 radical (unpaired) electrons. The van der Waals surface area contributed by atoms with E-state index < -0.39 is 0 Å². The summed E-state index contributed by atoms with van der Waals surface area (Å²) in [4.78, 5) is 11.9. The topological polar surface area (TPSA) is 79.1 Å². The lowest BCUT2D eigenvalue weighted by Crippen LogP contribution is -2.44. The Hall–Kier alpha value is -3.19. The van der Waals surface area contributed by atoms with Crippen LogP contribution in [0.3, 0.4) is 0 Å². The number of rotatable bonds is 3. The van der Waals surface area contributed by atoms with Crippen LogP contribution < -0.4 is 10.2 Å². The van der Waals surface area contributed by atoms with Crippen molar-refractivity contribution in [3.63, 3.8) is 0 Å². The molecule has 3 aromatic heterocycles.